The zero-order chi connectivity index (χ0) is 13.2. The molecule has 1 aromatic rings. The van der Waals surface area contributed by atoms with Gasteiger partial charge in [-0.1, -0.05) is 0 Å². The summed E-state index contributed by atoms with van der Waals surface area (Å²) < 4.78 is 27.1. The molecule has 0 saturated carbocycles. The number of rotatable bonds is 4. The maximum atomic E-state index is 12.5. The highest BCUT2D eigenvalue weighted by molar-refractivity contribution is 7.91. The minimum absolute atomic E-state index is 0. The van der Waals surface area contributed by atoms with Gasteiger partial charge in [0.25, 0.3) is 10.0 Å². The molecule has 1 aliphatic rings. The number of halogens is 1. The zero-order valence-electron chi connectivity index (χ0n) is 11.3. The first-order valence-electron chi connectivity index (χ1n) is 6.25. The maximum Gasteiger partial charge on any atom is 0.252 e. The molecule has 0 amide bonds. The minimum atomic E-state index is -3.27. The summed E-state index contributed by atoms with van der Waals surface area (Å²) in [6.07, 6.45) is 2.06. The van der Waals surface area contributed by atoms with Crippen molar-refractivity contribution in [2.45, 2.75) is 24.0 Å². The number of hydrogen-bond acceptors (Lipinski definition) is 4. The topological polar surface area (TPSA) is 49.4 Å². The molecule has 1 saturated heterocycles. The lowest BCUT2D eigenvalue weighted by Crippen LogP contribution is -2.42. The Balaban J connectivity index is 0.00000180. The lowest BCUT2D eigenvalue weighted by molar-refractivity contribution is 0.264. The fourth-order valence-corrected chi connectivity index (χ4v) is 5.37. The molecule has 1 aromatic heterocycles. The largest absolute Gasteiger partial charge is 0.319 e. The molecule has 0 aliphatic carbocycles. The Kier molecular flexibility index (Phi) is 6.26. The van der Waals surface area contributed by atoms with Gasteiger partial charge in [-0.2, -0.15) is 4.31 Å². The molecule has 7 heteroatoms. The quantitative estimate of drug-likeness (QED) is 0.922. The van der Waals surface area contributed by atoms with E-state index in [1.807, 2.05) is 20.0 Å². The predicted octanol–water partition coefficient (Wildman–Crippen LogP) is 2.10. The van der Waals surface area contributed by atoms with Crippen LogP contribution < -0.4 is 5.32 Å². The Morgan fingerprint density at radius 3 is 2.79 bits per heavy atom. The lowest BCUT2D eigenvalue weighted by Gasteiger charge is -2.31. The van der Waals surface area contributed by atoms with Crippen molar-refractivity contribution in [1.82, 2.24) is 9.62 Å². The summed E-state index contributed by atoms with van der Waals surface area (Å²) in [5.74, 6) is 0.430. The molecule has 2 heterocycles. The van der Waals surface area contributed by atoms with Crippen LogP contribution in [0.2, 0.25) is 0 Å². The fourth-order valence-electron chi connectivity index (χ4n) is 2.38. The summed E-state index contributed by atoms with van der Waals surface area (Å²) in [7, 11) is -1.36. The second kappa shape index (κ2) is 7.04. The molecule has 0 bridgehead atoms. The SMILES string of the molecule is CNCC1CCCN(S(=O)(=O)c2ccc(C)s2)C1.Cl. The smallest absolute Gasteiger partial charge is 0.252 e. The normalized spacial score (nSPS) is 21.1. The van der Waals surface area contributed by atoms with E-state index >= 15 is 0 Å². The Bertz CT molecular complexity index is 500. The molecule has 110 valence electrons. The highest BCUT2D eigenvalue weighted by Crippen LogP contribution is 2.27. The highest BCUT2D eigenvalue weighted by Gasteiger charge is 2.30. The van der Waals surface area contributed by atoms with Crippen LogP contribution in [-0.4, -0.2) is 39.4 Å². The number of nitrogens with zero attached hydrogens (tertiary/aromatic N) is 1. The molecule has 1 fully saturated rings. The molecule has 0 radical (unpaired) electrons. The molecule has 4 nitrogen and oxygen atoms in total. The van der Waals surface area contributed by atoms with Crippen LogP contribution in [0.3, 0.4) is 0 Å². The van der Waals surface area contributed by atoms with Gasteiger partial charge in [0.05, 0.1) is 0 Å². The first-order valence-corrected chi connectivity index (χ1v) is 8.51. The Labute approximate surface area is 125 Å². The first kappa shape index (κ1) is 16.9. The third-order valence-electron chi connectivity index (χ3n) is 3.28. The van der Waals surface area contributed by atoms with Gasteiger partial charge in [-0.25, -0.2) is 8.42 Å². The van der Waals surface area contributed by atoms with Gasteiger partial charge >= 0.3 is 0 Å². The van der Waals surface area contributed by atoms with Crippen molar-refractivity contribution in [2.24, 2.45) is 5.92 Å². The van der Waals surface area contributed by atoms with Gasteiger partial charge < -0.3 is 5.32 Å². The lowest BCUT2D eigenvalue weighted by atomic mass is 10.00. The summed E-state index contributed by atoms with van der Waals surface area (Å²) >= 11 is 1.36. The van der Waals surface area contributed by atoms with E-state index in [0.717, 1.165) is 24.3 Å². The van der Waals surface area contributed by atoms with E-state index in [0.29, 0.717) is 23.2 Å². The molecular formula is C12H21ClN2O2S2. The van der Waals surface area contributed by atoms with E-state index < -0.39 is 10.0 Å². The summed E-state index contributed by atoms with van der Waals surface area (Å²) in [6, 6.07) is 3.59. The average Bonchev–Trinajstić information content (AvgIpc) is 2.77. The third kappa shape index (κ3) is 3.92. The highest BCUT2D eigenvalue weighted by atomic mass is 35.5. The van der Waals surface area contributed by atoms with Crippen molar-refractivity contribution in [2.75, 3.05) is 26.7 Å². The molecule has 2 rings (SSSR count). The van der Waals surface area contributed by atoms with Crippen LogP contribution in [0.25, 0.3) is 0 Å². The Morgan fingerprint density at radius 1 is 1.47 bits per heavy atom. The molecule has 0 spiro atoms. The summed E-state index contributed by atoms with van der Waals surface area (Å²) in [5.41, 5.74) is 0. The van der Waals surface area contributed by atoms with Crippen LogP contribution in [0.15, 0.2) is 16.3 Å². The van der Waals surface area contributed by atoms with Gasteiger partial charge in [-0.3, -0.25) is 0 Å². The number of thiophene rings is 1. The molecule has 0 aromatic carbocycles. The van der Waals surface area contributed by atoms with Crippen LogP contribution in [0.4, 0.5) is 0 Å². The maximum absolute atomic E-state index is 12.5. The van der Waals surface area contributed by atoms with Gasteiger partial charge in [0.2, 0.25) is 0 Å². The Morgan fingerprint density at radius 2 is 2.21 bits per heavy atom. The van der Waals surface area contributed by atoms with Crippen molar-refractivity contribution < 1.29 is 8.42 Å². The number of nitrogens with one attached hydrogen (secondary N) is 1. The summed E-state index contributed by atoms with van der Waals surface area (Å²) in [4.78, 5) is 1.04. The zero-order valence-corrected chi connectivity index (χ0v) is 13.7. The van der Waals surface area contributed by atoms with Crippen molar-refractivity contribution in [3.63, 3.8) is 0 Å². The first-order chi connectivity index (χ1) is 8.54. The van der Waals surface area contributed by atoms with Crippen molar-refractivity contribution in [3.05, 3.63) is 17.0 Å². The van der Waals surface area contributed by atoms with Gasteiger partial charge in [-0.05, 0) is 51.4 Å². The number of sulfonamides is 1. The van der Waals surface area contributed by atoms with Crippen molar-refractivity contribution in [3.8, 4) is 0 Å². The monoisotopic (exact) mass is 324 g/mol. The third-order valence-corrected chi connectivity index (χ3v) is 6.62. The number of piperidine rings is 1. The van der Waals surface area contributed by atoms with Crippen LogP contribution in [0.5, 0.6) is 0 Å². The number of aryl methyl sites for hydroxylation is 1. The van der Waals surface area contributed by atoms with E-state index in [4.69, 9.17) is 0 Å². The molecule has 1 unspecified atom stereocenters. The van der Waals surface area contributed by atoms with Gasteiger partial charge in [-0.15, -0.1) is 23.7 Å². The van der Waals surface area contributed by atoms with Crippen LogP contribution in [0.1, 0.15) is 17.7 Å². The van der Waals surface area contributed by atoms with E-state index in [9.17, 15) is 8.42 Å². The average molecular weight is 325 g/mol. The Hall–Kier alpha value is -0.140. The van der Waals surface area contributed by atoms with E-state index in [1.54, 1.807) is 10.4 Å². The number of hydrogen-bond donors (Lipinski definition) is 1. The minimum Gasteiger partial charge on any atom is -0.319 e. The summed E-state index contributed by atoms with van der Waals surface area (Å²) in [6.45, 7) is 4.11. The van der Waals surface area contributed by atoms with E-state index in [2.05, 4.69) is 5.32 Å². The van der Waals surface area contributed by atoms with Gasteiger partial charge in [0, 0.05) is 18.0 Å². The van der Waals surface area contributed by atoms with Crippen LogP contribution in [-0.2, 0) is 10.0 Å². The van der Waals surface area contributed by atoms with Gasteiger partial charge in [0.1, 0.15) is 4.21 Å². The van der Waals surface area contributed by atoms with Crippen molar-refractivity contribution >= 4 is 33.8 Å². The predicted molar refractivity (Wildman–Crippen MR) is 81.7 cm³/mol. The van der Waals surface area contributed by atoms with E-state index in [1.165, 1.54) is 11.3 Å². The second-order valence-electron chi connectivity index (χ2n) is 4.79. The van der Waals surface area contributed by atoms with Crippen LogP contribution in [0, 0.1) is 12.8 Å². The van der Waals surface area contributed by atoms with Gasteiger partial charge in [0.15, 0.2) is 0 Å². The second-order valence-corrected chi connectivity index (χ2v) is 8.25. The van der Waals surface area contributed by atoms with Crippen LogP contribution >= 0.6 is 23.7 Å². The molecular weight excluding hydrogens is 304 g/mol. The molecule has 1 aliphatic heterocycles. The standard InChI is InChI=1S/C12H20N2O2S2.ClH/c1-10-5-6-12(17-10)18(15,16)14-7-3-4-11(9-14)8-13-2;/h5-6,11,13H,3-4,7-9H2,1-2H3;1H. The summed E-state index contributed by atoms with van der Waals surface area (Å²) in [5, 5.41) is 3.13. The van der Waals surface area contributed by atoms with Crippen molar-refractivity contribution in [1.29, 1.82) is 0 Å². The molecule has 1 N–H and O–H groups in total. The van der Waals surface area contributed by atoms with E-state index in [-0.39, 0.29) is 12.4 Å². The molecule has 19 heavy (non-hydrogen) atoms. The fraction of sp³-hybridized carbons (Fsp3) is 0.667. The molecule has 1 atom stereocenters.